The predicted octanol–water partition coefficient (Wildman–Crippen LogP) is 1.12. The molecule has 1 saturated heterocycles. The fraction of sp³-hybridized carbons (Fsp3) is 0.500. The van der Waals surface area contributed by atoms with Crippen molar-refractivity contribution < 1.29 is 22.8 Å². The number of benzene rings is 1. The lowest BCUT2D eigenvalue weighted by Crippen LogP contribution is -2.51. The van der Waals surface area contributed by atoms with Crippen molar-refractivity contribution in [3.8, 4) is 5.69 Å². The molecule has 0 unspecified atom stereocenters. The lowest BCUT2D eigenvalue weighted by molar-refractivity contribution is -0.137. The molecule has 1 aromatic heterocycles. The number of aromatic nitrogens is 3. The minimum atomic E-state index is -4.54. The molecule has 2 amide bonds. The Bertz CT molecular complexity index is 953. The maximum Gasteiger partial charge on any atom is 0.416 e. The zero-order valence-electron chi connectivity index (χ0n) is 17.3. The first kappa shape index (κ1) is 22.2. The highest BCUT2D eigenvalue weighted by Crippen LogP contribution is 2.33. The molecule has 2 fully saturated rings. The average Bonchev–Trinajstić information content (AvgIpc) is 3.37. The van der Waals surface area contributed by atoms with Crippen LogP contribution in [0.15, 0.2) is 30.9 Å². The van der Waals surface area contributed by atoms with Gasteiger partial charge in [0, 0.05) is 32.2 Å². The van der Waals surface area contributed by atoms with Crippen molar-refractivity contribution >= 4 is 17.5 Å². The van der Waals surface area contributed by atoms with Crippen molar-refractivity contribution in [3.63, 3.8) is 0 Å². The van der Waals surface area contributed by atoms with Crippen LogP contribution in [-0.2, 0) is 15.8 Å². The number of alkyl halides is 3. The van der Waals surface area contributed by atoms with Crippen LogP contribution in [0.3, 0.4) is 0 Å². The van der Waals surface area contributed by atoms with Gasteiger partial charge in [0.1, 0.15) is 12.7 Å². The van der Waals surface area contributed by atoms with Crippen molar-refractivity contribution in [2.45, 2.75) is 25.1 Å². The number of anilines is 1. The highest BCUT2D eigenvalue weighted by molar-refractivity contribution is 5.94. The van der Waals surface area contributed by atoms with E-state index in [1.165, 1.54) is 23.4 Å². The van der Waals surface area contributed by atoms with Crippen LogP contribution < -0.4 is 10.6 Å². The molecule has 0 radical (unpaired) electrons. The molecule has 2 N–H and O–H groups in total. The molecule has 1 aliphatic heterocycles. The Balaban J connectivity index is 1.34. The third-order valence-corrected chi connectivity index (χ3v) is 5.41. The highest BCUT2D eigenvalue weighted by Gasteiger charge is 2.31. The summed E-state index contributed by atoms with van der Waals surface area (Å²) >= 11 is 0. The van der Waals surface area contributed by atoms with Crippen LogP contribution in [0.1, 0.15) is 18.4 Å². The molecule has 0 spiro atoms. The first-order valence-corrected chi connectivity index (χ1v) is 10.4. The maximum atomic E-state index is 13.2. The normalized spacial score (nSPS) is 17.8. The van der Waals surface area contributed by atoms with Gasteiger partial charge in [-0.15, -0.1) is 0 Å². The molecule has 2 aromatic rings. The monoisotopic (exact) mass is 451 g/mol. The number of nitrogens with zero attached hydrogens (tertiary/aromatic N) is 5. The number of hydrogen-bond acceptors (Lipinski definition) is 6. The van der Waals surface area contributed by atoms with Gasteiger partial charge >= 0.3 is 6.18 Å². The van der Waals surface area contributed by atoms with Gasteiger partial charge in [-0.1, -0.05) is 0 Å². The van der Waals surface area contributed by atoms with E-state index in [1.807, 2.05) is 9.80 Å². The Hall–Kier alpha value is -2.99. The largest absolute Gasteiger partial charge is 0.416 e. The topological polar surface area (TPSA) is 95.4 Å². The Morgan fingerprint density at radius 1 is 1.03 bits per heavy atom. The second-order valence-electron chi connectivity index (χ2n) is 8.01. The zero-order chi connectivity index (χ0) is 22.7. The molecular weight excluding hydrogens is 427 g/mol. The highest BCUT2D eigenvalue weighted by atomic mass is 19.4. The first-order valence-electron chi connectivity index (χ1n) is 10.4. The maximum absolute atomic E-state index is 13.2. The predicted molar refractivity (Wildman–Crippen MR) is 109 cm³/mol. The fourth-order valence-corrected chi connectivity index (χ4v) is 3.55. The molecule has 0 bridgehead atoms. The number of piperazine rings is 1. The molecule has 1 aromatic carbocycles. The van der Waals surface area contributed by atoms with Gasteiger partial charge in [0.25, 0.3) is 0 Å². The third kappa shape index (κ3) is 5.82. The van der Waals surface area contributed by atoms with E-state index < -0.39 is 17.6 Å². The minimum absolute atomic E-state index is 0.00529. The molecular formula is C20H24F3N7O2. The smallest absolute Gasteiger partial charge is 0.352 e. The van der Waals surface area contributed by atoms with E-state index in [9.17, 15) is 22.8 Å². The van der Waals surface area contributed by atoms with Crippen molar-refractivity contribution in [2.24, 2.45) is 0 Å². The van der Waals surface area contributed by atoms with Crippen molar-refractivity contribution in [2.75, 3.05) is 44.6 Å². The molecule has 2 heterocycles. The SMILES string of the molecule is O=C(CN1CCN(CC(=O)NC2CC2)CC1)Nc1cc(C(F)(F)F)ccc1-n1cncn1. The minimum Gasteiger partial charge on any atom is -0.352 e. The van der Waals surface area contributed by atoms with E-state index in [4.69, 9.17) is 0 Å². The standard InChI is InChI=1S/C20H24F3N7O2/c21-20(22,23)14-1-4-17(30-13-24-12-25-30)16(9-14)27-19(32)11-29-7-5-28(6-8-29)10-18(31)26-15-2-3-15/h1,4,9,12-13,15H,2-3,5-8,10-11H2,(H,26,31)(H,27,32). The summed E-state index contributed by atoms with van der Waals surface area (Å²) in [4.78, 5) is 32.3. The average molecular weight is 451 g/mol. The van der Waals surface area contributed by atoms with Gasteiger partial charge in [-0.25, -0.2) is 9.67 Å². The Morgan fingerprint density at radius 2 is 1.69 bits per heavy atom. The van der Waals surface area contributed by atoms with E-state index in [0.29, 0.717) is 38.8 Å². The lowest BCUT2D eigenvalue weighted by Gasteiger charge is -2.33. The van der Waals surface area contributed by atoms with Crippen LogP contribution in [0.25, 0.3) is 5.69 Å². The van der Waals surface area contributed by atoms with Crippen LogP contribution in [0.2, 0.25) is 0 Å². The Morgan fingerprint density at radius 3 is 2.25 bits per heavy atom. The van der Waals surface area contributed by atoms with Crippen LogP contribution in [0.4, 0.5) is 18.9 Å². The van der Waals surface area contributed by atoms with Crippen molar-refractivity contribution in [1.82, 2.24) is 29.9 Å². The number of halogens is 3. The van der Waals surface area contributed by atoms with E-state index >= 15 is 0 Å². The molecule has 172 valence electrons. The van der Waals surface area contributed by atoms with Crippen LogP contribution >= 0.6 is 0 Å². The molecule has 32 heavy (non-hydrogen) atoms. The Labute approximate surface area is 182 Å². The van der Waals surface area contributed by atoms with Gasteiger partial charge in [0.2, 0.25) is 11.8 Å². The van der Waals surface area contributed by atoms with Crippen molar-refractivity contribution in [3.05, 3.63) is 36.4 Å². The summed E-state index contributed by atoms with van der Waals surface area (Å²) in [5.74, 6) is -0.408. The number of carbonyl (C=O) groups is 2. The number of rotatable bonds is 7. The van der Waals surface area contributed by atoms with Gasteiger partial charge in [-0.2, -0.15) is 18.3 Å². The van der Waals surface area contributed by atoms with Gasteiger partial charge in [0.05, 0.1) is 30.0 Å². The van der Waals surface area contributed by atoms with E-state index in [1.54, 1.807) is 0 Å². The van der Waals surface area contributed by atoms with Crippen molar-refractivity contribution in [1.29, 1.82) is 0 Å². The summed E-state index contributed by atoms with van der Waals surface area (Å²) in [6.45, 7) is 2.82. The van der Waals surface area contributed by atoms with Crippen LogP contribution in [0.5, 0.6) is 0 Å². The fourth-order valence-electron chi connectivity index (χ4n) is 3.55. The first-order chi connectivity index (χ1) is 15.3. The molecule has 0 atom stereocenters. The van der Waals surface area contributed by atoms with E-state index in [-0.39, 0.29) is 23.8 Å². The number of amides is 2. The van der Waals surface area contributed by atoms with Crippen LogP contribution in [0, 0.1) is 0 Å². The second-order valence-corrected chi connectivity index (χ2v) is 8.01. The molecule has 12 heteroatoms. The van der Waals surface area contributed by atoms with Gasteiger partial charge < -0.3 is 10.6 Å². The third-order valence-electron chi connectivity index (χ3n) is 5.41. The van der Waals surface area contributed by atoms with Crippen LogP contribution in [-0.4, -0.2) is 81.7 Å². The zero-order valence-corrected chi connectivity index (χ0v) is 17.3. The number of nitrogens with one attached hydrogen (secondary N) is 2. The molecule has 4 rings (SSSR count). The molecule has 1 saturated carbocycles. The van der Waals surface area contributed by atoms with Gasteiger partial charge in [-0.05, 0) is 31.0 Å². The van der Waals surface area contributed by atoms with Gasteiger partial charge in [0.15, 0.2) is 0 Å². The number of hydrogen-bond donors (Lipinski definition) is 2. The quantitative estimate of drug-likeness (QED) is 0.655. The molecule has 1 aliphatic carbocycles. The summed E-state index contributed by atoms with van der Waals surface area (Å²) in [7, 11) is 0. The molecule has 2 aliphatic rings. The summed E-state index contributed by atoms with van der Waals surface area (Å²) in [6.07, 6.45) is 0.144. The number of carbonyl (C=O) groups excluding carboxylic acids is 2. The Kier molecular flexibility index (Phi) is 6.42. The van der Waals surface area contributed by atoms with Gasteiger partial charge in [-0.3, -0.25) is 19.4 Å². The summed E-state index contributed by atoms with van der Waals surface area (Å²) in [5, 5.41) is 9.48. The summed E-state index contributed by atoms with van der Waals surface area (Å²) in [5.41, 5.74) is -0.573. The summed E-state index contributed by atoms with van der Waals surface area (Å²) in [6, 6.07) is 3.40. The van der Waals surface area contributed by atoms with E-state index in [2.05, 4.69) is 20.7 Å². The molecule has 9 nitrogen and oxygen atoms in total. The second kappa shape index (κ2) is 9.25. The summed E-state index contributed by atoms with van der Waals surface area (Å²) < 4.78 is 40.8. The van der Waals surface area contributed by atoms with E-state index in [0.717, 1.165) is 25.0 Å². The lowest BCUT2D eigenvalue weighted by atomic mass is 10.1.